The fourth-order valence-electron chi connectivity index (χ4n) is 3.02. The summed E-state index contributed by atoms with van der Waals surface area (Å²) >= 11 is 1.08. The Morgan fingerprint density at radius 3 is 2.69 bits per heavy atom. The predicted molar refractivity (Wildman–Crippen MR) is 102 cm³/mol. The van der Waals surface area contributed by atoms with E-state index in [0.29, 0.717) is 35.8 Å². The number of benzene rings is 1. The molecule has 0 aliphatic carbocycles. The highest BCUT2D eigenvalue weighted by Gasteiger charge is 2.26. The van der Waals surface area contributed by atoms with Gasteiger partial charge in [0, 0.05) is 30.5 Å². The molecule has 1 amide bonds. The molecule has 2 aliphatic rings. The molecule has 0 radical (unpaired) electrons. The third kappa shape index (κ3) is 4.04. The SMILES string of the molecule is NC(N)=NC1CCN(c2ccc(C3=NNC(=O)SC3)cc2[N+](=O)[O-])CC1. The number of nitrogens with one attached hydrogen (secondary N) is 1. The number of anilines is 1. The summed E-state index contributed by atoms with van der Waals surface area (Å²) in [5.74, 6) is 0.448. The first-order chi connectivity index (χ1) is 12.4. The Bertz CT molecular complexity index is 783. The van der Waals surface area contributed by atoms with E-state index < -0.39 is 4.92 Å². The van der Waals surface area contributed by atoms with Gasteiger partial charge in [-0.15, -0.1) is 0 Å². The summed E-state index contributed by atoms with van der Waals surface area (Å²) in [6.45, 7) is 1.27. The molecule has 26 heavy (non-hydrogen) atoms. The van der Waals surface area contributed by atoms with Gasteiger partial charge in [-0.3, -0.25) is 19.9 Å². The summed E-state index contributed by atoms with van der Waals surface area (Å²) in [4.78, 5) is 28.5. The molecule has 1 fully saturated rings. The molecule has 1 aromatic rings. The zero-order valence-electron chi connectivity index (χ0n) is 13.9. The van der Waals surface area contributed by atoms with Gasteiger partial charge in [-0.2, -0.15) is 5.10 Å². The minimum Gasteiger partial charge on any atom is -0.370 e. The average Bonchev–Trinajstić information content (AvgIpc) is 2.62. The third-order valence-corrected chi connectivity index (χ3v) is 5.04. The topological polar surface area (TPSA) is 152 Å². The van der Waals surface area contributed by atoms with Crippen LogP contribution in [0, 0.1) is 10.1 Å². The second-order valence-corrected chi connectivity index (χ2v) is 6.93. The van der Waals surface area contributed by atoms with Crippen LogP contribution in [0.3, 0.4) is 0 Å². The van der Waals surface area contributed by atoms with Gasteiger partial charge >= 0.3 is 0 Å². The van der Waals surface area contributed by atoms with Crippen molar-refractivity contribution in [1.82, 2.24) is 5.43 Å². The average molecular weight is 377 g/mol. The Labute approximate surface area is 153 Å². The summed E-state index contributed by atoms with van der Waals surface area (Å²) in [7, 11) is 0. The third-order valence-electron chi connectivity index (χ3n) is 4.26. The number of amides is 1. The number of thioether (sulfide) groups is 1. The summed E-state index contributed by atoms with van der Waals surface area (Å²) in [5.41, 5.74) is 15.0. The molecular formula is C15H19N7O3S. The minimum atomic E-state index is -0.393. The second kappa shape index (κ2) is 7.60. The first kappa shape index (κ1) is 18.0. The lowest BCUT2D eigenvalue weighted by molar-refractivity contribution is -0.384. The maximum absolute atomic E-state index is 11.6. The van der Waals surface area contributed by atoms with Gasteiger partial charge in [0.2, 0.25) is 0 Å². The van der Waals surface area contributed by atoms with Gasteiger partial charge in [-0.25, -0.2) is 5.43 Å². The number of nitro benzene ring substituents is 1. The molecule has 2 heterocycles. The van der Waals surface area contributed by atoms with Gasteiger partial charge in [0.1, 0.15) is 5.69 Å². The van der Waals surface area contributed by atoms with Crippen molar-refractivity contribution in [2.45, 2.75) is 18.9 Å². The summed E-state index contributed by atoms with van der Waals surface area (Å²) < 4.78 is 0. The van der Waals surface area contributed by atoms with E-state index in [0.717, 1.165) is 24.6 Å². The molecule has 138 valence electrons. The van der Waals surface area contributed by atoms with E-state index >= 15 is 0 Å². The van der Waals surface area contributed by atoms with Crippen LogP contribution >= 0.6 is 11.8 Å². The lowest BCUT2D eigenvalue weighted by Crippen LogP contribution is -2.37. The van der Waals surface area contributed by atoms with Crippen molar-refractivity contribution >= 4 is 40.0 Å². The number of piperidine rings is 1. The van der Waals surface area contributed by atoms with Gasteiger partial charge in [0.25, 0.3) is 10.9 Å². The van der Waals surface area contributed by atoms with Crippen molar-refractivity contribution < 1.29 is 9.72 Å². The van der Waals surface area contributed by atoms with E-state index in [-0.39, 0.29) is 22.9 Å². The number of hydrogen-bond acceptors (Lipinski definition) is 7. The molecule has 1 aromatic carbocycles. The van der Waals surface area contributed by atoms with Crippen LogP contribution < -0.4 is 21.8 Å². The van der Waals surface area contributed by atoms with Crippen LogP contribution in [0.5, 0.6) is 0 Å². The number of guanidine groups is 1. The molecule has 0 bridgehead atoms. The van der Waals surface area contributed by atoms with Crippen LogP contribution in [0.4, 0.5) is 16.2 Å². The maximum Gasteiger partial charge on any atom is 0.299 e. The molecule has 5 N–H and O–H groups in total. The molecule has 0 aromatic heterocycles. The number of carbonyl (C=O) groups excluding carboxylic acids is 1. The summed E-state index contributed by atoms with van der Waals surface area (Å²) in [6, 6.07) is 5.08. The first-order valence-corrected chi connectivity index (χ1v) is 9.04. The second-order valence-electron chi connectivity index (χ2n) is 5.98. The van der Waals surface area contributed by atoms with Gasteiger partial charge in [-0.1, -0.05) is 17.8 Å². The standard InChI is InChI=1S/C15H19N7O3S/c16-14(17)18-10-3-5-21(6-4-10)12-2-1-9(7-13(12)22(24)25)11-8-26-15(23)20-19-11/h1-2,7,10H,3-6,8H2,(H,20,23)(H4,16,17,18). The van der Waals surface area contributed by atoms with Gasteiger partial charge in [-0.05, 0) is 18.9 Å². The van der Waals surface area contributed by atoms with Crippen molar-refractivity contribution in [1.29, 1.82) is 0 Å². The number of hydrogen-bond donors (Lipinski definition) is 3. The quantitative estimate of drug-likeness (QED) is 0.306. The van der Waals surface area contributed by atoms with Crippen LogP contribution in [0.2, 0.25) is 0 Å². The number of hydrazone groups is 1. The van der Waals surface area contributed by atoms with E-state index in [1.807, 2.05) is 4.90 Å². The van der Waals surface area contributed by atoms with E-state index in [1.165, 1.54) is 6.07 Å². The smallest absolute Gasteiger partial charge is 0.299 e. The largest absolute Gasteiger partial charge is 0.370 e. The maximum atomic E-state index is 11.6. The molecule has 10 nitrogen and oxygen atoms in total. The number of nitrogens with two attached hydrogens (primary N) is 2. The fourth-order valence-corrected chi connectivity index (χ4v) is 3.63. The lowest BCUT2D eigenvalue weighted by atomic mass is 10.0. The van der Waals surface area contributed by atoms with Crippen molar-refractivity contribution in [3.05, 3.63) is 33.9 Å². The van der Waals surface area contributed by atoms with E-state index in [4.69, 9.17) is 11.5 Å². The molecule has 2 aliphatic heterocycles. The highest BCUT2D eigenvalue weighted by molar-refractivity contribution is 8.14. The molecule has 0 atom stereocenters. The molecule has 0 saturated carbocycles. The van der Waals surface area contributed by atoms with Crippen molar-refractivity contribution in [2.24, 2.45) is 21.6 Å². The van der Waals surface area contributed by atoms with E-state index in [1.54, 1.807) is 12.1 Å². The fraction of sp³-hybridized carbons (Fsp3) is 0.400. The number of carbonyl (C=O) groups is 1. The zero-order valence-corrected chi connectivity index (χ0v) is 14.7. The molecule has 0 spiro atoms. The van der Waals surface area contributed by atoms with Crippen molar-refractivity contribution in [3.63, 3.8) is 0 Å². The Kier molecular flexibility index (Phi) is 5.26. The Morgan fingerprint density at radius 1 is 1.38 bits per heavy atom. The highest BCUT2D eigenvalue weighted by Crippen LogP contribution is 2.32. The molecule has 3 rings (SSSR count). The van der Waals surface area contributed by atoms with Gasteiger partial charge in [0.15, 0.2) is 5.96 Å². The Balaban J connectivity index is 1.81. The van der Waals surface area contributed by atoms with Gasteiger partial charge in [0.05, 0.1) is 16.7 Å². The van der Waals surface area contributed by atoms with Crippen LogP contribution in [0.25, 0.3) is 0 Å². The van der Waals surface area contributed by atoms with Crippen molar-refractivity contribution in [2.75, 3.05) is 23.7 Å². The van der Waals surface area contributed by atoms with Crippen LogP contribution in [0.1, 0.15) is 18.4 Å². The normalized spacial score (nSPS) is 18.1. The van der Waals surface area contributed by atoms with Crippen LogP contribution in [-0.2, 0) is 0 Å². The number of rotatable bonds is 4. The number of aliphatic imine (C=N–C) groups is 1. The highest BCUT2D eigenvalue weighted by atomic mass is 32.2. The molecular weight excluding hydrogens is 358 g/mol. The minimum absolute atomic E-state index is 0.0207. The predicted octanol–water partition coefficient (Wildman–Crippen LogP) is 0.998. The van der Waals surface area contributed by atoms with Gasteiger partial charge < -0.3 is 16.4 Å². The van der Waals surface area contributed by atoms with Crippen LogP contribution in [-0.4, -0.2) is 46.7 Å². The number of nitro groups is 1. The van der Waals surface area contributed by atoms with E-state index in [9.17, 15) is 14.9 Å². The lowest BCUT2D eigenvalue weighted by Gasteiger charge is -2.31. The first-order valence-electron chi connectivity index (χ1n) is 8.06. The molecule has 11 heteroatoms. The summed E-state index contributed by atoms with van der Waals surface area (Å²) in [5, 5.41) is 15.3. The monoisotopic (exact) mass is 377 g/mol. The molecule has 1 saturated heterocycles. The van der Waals surface area contributed by atoms with Crippen LogP contribution in [0.15, 0.2) is 28.3 Å². The molecule has 0 unspecified atom stereocenters. The van der Waals surface area contributed by atoms with Crippen molar-refractivity contribution in [3.8, 4) is 0 Å². The zero-order chi connectivity index (χ0) is 18.7. The van der Waals surface area contributed by atoms with E-state index in [2.05, 4.69) is 15.5 Å². The summed E-state index contributed by atoms with van der Waals surface area (Å²) in [6.07, 6.45) is 1.46. The Morgan fingerprint density at radius 2 is 2.12 bits per heavy atom. The number of nitrogens with zero attached hydrogens (tertiary/aromatic N) is 4. The Hall–Kier alpha value is -2.82.